The first-order valence-corrected chi connectivity index (χ1v) is 6.52. The van der Waals surface area contributed by atoms with Gasteiger partial charge in [0.05, 0.1) is 0 Å². The molecule has 1 unspecified atom stereocenters. The van der Waals surface area contributed by atoms with Crippen LogP contribution >= 0.6 is 0 Å². The van der Waals surface area contributed by atoms with Crippen molar-refractivity contribution < 1.29 is 14.0 Å². The molecule has 1 aromatic carbocycles. The summed E-state index contributed by atoms with van der Waals surface area (Å²) in [5.41, 5.74) is 2.13. The van der Waals surface area contributed by atoms with Crippen LogP contribution in [-0.2, 0) is 6.42 Å². The molecule has 5 heteroatoms. The van der Waals surface area contributed by atoms with Crippen LogP contribution in [0.25, 0.3) is 11.3 Å². The lowest BCUT2D eigenvalue weighted by atomic mass is 10.1. The average Bonchev–Trinajstić information content (AvgIpc) is 2.99. The molecule has 3 aromatic rings. The molecule has 0 fully saturated rings. The molecule has 0 aliphatic rings. The fourth-order valence-electron chi connectivity index (χ4n) is 2.04. The molecule has 0 aliphatic heterocycles. The highest BCUT2D eigenvalue weighted by molar-refractivity contribution is 5.57. The number of aromatic nitrogens is 2. The quantitative estimate of drug-likeness (QED) is 0.799. The van der Waals surface area contributed by atoms with Gasteiger partial charge in [0.1, 0.15) is 17.6 Å². The van der Waals surface area contributed by atoms with Gasteiger partial charge in [0.2, 0.25) is 0 Å². The number of hydrogen-bond donors (Lipinski definition) is 1. The monoisotopic (exact) mass is 284 g/mol. The molecule has 0 saturated heterocycles. The summed E-state index contributed by atoms with van der Waals surface area (Å²) in [7, 11) is 0. The molecule has 106 valence electrons. The molecular formula is C16H13FN2O2. The first-order chi connectivity index (χ1) is 10.2. The number of aliphatic hydroxyl groups excluding tert-OH is 1. The zero-order valence-corrected chi connectivity index (χ0v) is 11.1. The second kappa shape index (κ2) is 5.85. The minimum absolute atomic E-state index is 0.309. The van der Waals surface area contributed by atoms with Crippen LogP contribution in [0.5, 0.6) is 0 Å². The summed E-state index contributed by atoms with van der Waals surface area (Å²) in [5.74, 6) is 0.190. The van der Waals surface area contributed by atoms with Crippen molar-refractivity contribution in [2.45, 2.75) is 12.5 Å². The summed E-state index contributed by atoms with van der Waals surface area (Å²) in [6.07, 6.45) is 3.02. The fraction of sp³-hybridized carbons (Fsp3) is 0.125. The number of nitrogens with zero attached hydrogens (tertiary/aromatic N) is 2. The van der Waals surface area contributed by atoms with Gasteiger partial charge in [-0.3, -0.25) is 4.98 Å². The molecule has 0 radical (unpaired) electrons. The van der Waals surface area contributed by atoms with Crippen molar-refractivity contribution in [1.82, 2.24) is 10.1 Å². The smallest absolute Gasteiger partial charge is 0.167 e. The van der Waals surface area contributed by atoms with E-state index in [1.54, 1.807) is 30.6 Å². The molecule has 1 atom stereocenters. The summed E-state index contributed by atoms with van der Waals surface area (Å²) in [4.78, 5) is 3.93. The normalized spacial score (nSPS) is 12.3. The Labute approximate surface area is 120 Å². The van der Waals surface area contributed by atoms with E-state index >= 15 is 0 Å². The van der Waals surface area contributed by atoms with Crippen molar-refractivity contribution in [3.63, 3.8) is 0 Å². The van der Waals surface area contributed by atoms with Gasteiger partial charge < -0.3 is 9.63 Å². The summed E-state index contributed by atoms with van der Waals surface area (Å²) in [5, 5.41) is 14.1. The van der Waals surface area contributed by atoms with Crippen LogP contribution in [0, 0.1) is 5.82 Å². The number of aliphatic hydroxyl groups is 1. The Morgan fingerprint density at radius 3 is 2.52 bits per heavy atom. The van der Waals surface area contributed by atoms with Gasteiger partial charge >= 0.3 is 0 Å². The van der Waals surface area contributed by atoms with Crippen molar-refractivity contribution in [3.05, 3.63) is 71.9 Å². The standard InChI is InChI=1S/C16H13FN2O2/c17-13-3-1-12(2-4-13)16-10-14(19-21-16)15(20)9-11-5-7-18-8-6-11/h1-8,10,15,20H,9H2. The molecule has 1 N–H and O–H groups in total. The topological polar surface area (TPSA) is 59.2 Å². The zero-order chi connectivity index (χ0) is 14.7. The summed E-state index contributed by atoms with van der Waals surface area (Å²) in [6, 6.07) is 11.3. The summed E-state index contributed by atoms with van der Waals surface area (Å²) in [6.45, 7) is 0. The van der Waals surface area contributed by atoms with Crippen molar-refractivity contribution >= 4 is 0 Å². The lowest BCUT2D eigenvalue weighted by Gasteiger charge is -2.06. The average molecular weight is 284 g/mol. The third-order valence-electron chi connectivity index (χ3n) is 3.18. The second-order valence-corrected chi connectivity index (χ2v) is 4.70. The van der Waals surface area contributed by atoms with Crippen LogP contribution in [0.3, 0.4) is 0 Å². The van der Waals surface area contributed by atoms with Gasteiger partial charge in [-0.2, -0.15) is 0 Å². The highest BCUT2D eigenvalue weighted by Gasteiger charge is 2.15. The van der Waals surface area contributed by atoms with Crippen LogP contribution in [0.4, 0.5) is 4.39 Å². The largest absolute Gasteiger partial charge is 0.386 e. The maximum absolute atomic E-state index is 12.9. The van der Waals surface area contributed by atoms with Crippen LogP contribution < -0.4 is 0 Å². The molecule has 3 rings (SSSR count). The Kier molecular flexibility index (Phi) is 3.75. The van der Waals surface area contributed by atoms with E-state index in [9.17, 15) is 9.50 Å². The van der Waals surface area contributed by atoms with Crippen molar-refractivity contribution in [1.29, 1.82) is 0 Å². The van der Waals surface area contributed by atoms with Gasteiger partial charge in [-0.15, -0.1) is 0 Å². The Balaban J connectivity index is 1.76. The number of hydrogen-bond acceptors (Lipinski definition) is 4. The van der Waals surface area contributed by atoms with Crippen LogP contribution in [0.2, 0.25) is 0 Å². The second-order valence-electron chi connectivity index (χ2n) is 4.70. The van der Waals surface area contributed by atoms with Crippen LogP contribution in [0.15, 0.2) is 59.4 Å². The lowest BCUT2D eigenvalue weighted by molar-refractivity contribution is 0.168. The van der Waals surface area contributed by atoms with Gasteiger partial charge in [0, 0.05) is 30.4 Å². The molecular weight excluding hydrogens is 271 g/mol. The first-order valence-electron chi connectivity index (χ1n) is 6.52. The van der Waals surface area contributed by atoms with E-state index < -0.39 is 6.10 Å². The minimum atomic E-state index is -0.759. The predicted molar refractivity (Wildman–Crippen MR) is 74.8 cm³/mol. The molecule has 0 spiro atoms. The van der Waals surface area contributed by atoms with Crippen LogP contribution in [-0.4, -0.2) is 15.2 Å². The molecule has 0 bridgehead atoms. The van der Waals surface area contributed by atoms with E-state index in [0.29, 0.717) is 23.4 Å². The fourth-order valence-corrected chi connectivity index (χ4v) is 2.04. The van der Waals surface area contributed by atoms with Crippen LogP contribution in [0.1, 0.15) is 17.4 Å². The summed E-state index contributed by atoms with van der Waals surface area (Å²) >= 11 is 0. The third-order valence-corrected chi connectivity index (χ3v) is 3.18. The minimum Gasteiger partial charge on any atom is -0.386 e. The molecule has 0 amide bonds. The number of benzene rings is 1. The highest BCUT2D eigenvalue weighted by Crippen LogP contribution is 2.24. The van der Waals surface area contributed by atoms with Gasteiger partial charge in [0.25, 0.3) is 0 Å². The SMILES string of the molecule is OC(Cc1ccncc1)c1cc(-c2ccc(F)cc2)on1. The number of rotatable bonds is 4. The number of halogens is 1. The lowest BCUT2D eigenvalue weighted by Crippen LogP contribution is -2.01. The van der Waals surface area contributed by atoms with E-state index in [2.05, 4.69) is 10.1 Å². The maximum atomic E-state index is 12.9. The van der Waals surface area contributed by atoms with E-state index in [1.165, 1.54) is 12.1 Å². The van der Waals surface area contributed by atoms with E-state index in [1.807, 2.05) is 12.1 Å². The number of pyridine rings is 1. The van der Waals surface area contributed by atoms with Gasteiger partial charge in [-0.05, 0) is 42.0 Å². The molecule has 4 nitrogen and oxygen atoms in total. The predicted octanol–water partition coefficient (Wildman–Crippen LogP) is 3.15. The zero-order valence-electron chi connectivity index (χ0n) is 11.1. The van der Waals surface area contributed by atoms with E-state index in [0.717, 1.165) is 5.56 Å². The molecule has 2 heterocycles. The molecule has 21 heavy (non-hydrogen) atoms. The molecule has 2 aromatic heterocycles. The molecule has 0 saturated carbocycles. The van der Waals surface area contributed by atoms with E-state index in [4.69, 9.17) is 4.52 Å². The van der Waals surface area contributed by atoms with Crippen molar-refractivity contribution in [3.8, 4) is 11.3 Å². The maximum Gasteiger partial charge on any atom is 0.167 e. The summed E-state index contributed by atoms with van der Waals surface area (Å²) < 4.78 is 18.1. The Bertz CT molecular complexity index is 711. The van der Waals surface area contributed by atoms with Crippen molar-refractivity contribution in [2.75, 3.05) is 0 Å². The Hall–Kier alpha value is -2.53. The Morgan fingerprint density at radius 1 is 1.10 bits per heavy atom. The highest BCUT2D eigenvalue weighted by atomic mass is 19.1. The Morgan fingerprint density at radius 2 is 1.81 bits per heavy atom. The van der Waals surface area contributed by atoms with Gasteiger partial charge in [-0.1, -0.05) is 5.16 Å². The third kappa shape index (κ3) is 3.14. The molecule has 0 aliphatic carbocycles. The van der Waals surface area contributed by atoms with Gasteiger partial charge in [-0.25, -0.2) is 4.39 Å². The van der Waals surface area contributed by atoms with E-state index in [-0.39, 0.29) is 5.82 Å². The van der Waals surface area contributed by atoms with Crippen molar-refractivity contribution in [2.24, 2.45) is 0 Å². The first kappa shape index (κ1) is 13.5. The van der Waals surface area contributed by atoms with Gasteiger partial charge in [0.15, 0.2) is 5.76 Å².